The van der Waals surface area contributed by atoms with Crippen LogP contribution in [0.4, 0.5) is 8.78 Å². The van der Waals surface area contributed by atoms with Crippen LogP contribution >= 0.6 is 11.6 Å². The molecule has 4 heteroatoms. The van der Waals surface area contributed by atoms with Gasteiger partial charge < -0.3 is 5.11 Å². The highest BCUT2D eigenvalue weighted by atomic mass is 35.5. The van der Waals surface area contributed by atoms with Gasteiger partial charge in [-0.25, -0.2) is 8.78 Å². The maximum absolute atomic E-state index is 13.5. The molecule has 19 heavy (non-hydrogen) atoms. The number of hydrogen-bond acceptors (Lipinski definition) is 1. The van der Waals surface area contributed by atoms with E-state index in [0.717, 1.165) is 23.8 Å². The summed E-state index contributed by atoms with van der Waals surface area (Å²) in [5.41, 5.74) is 1.48. The van der Waals surface area contributed by atoms with Crippen LogP contribution < -0.4 is 0 Å². The van der Waals surface area contributed by atoms with Crippen molar-refractivity contribution in [2.75, 3.05) is 0 Å². The Labute approximate surface area is 115 Å². The summed E-state index contributed by atoms with van der Waals surface area (Å²) in [6.45, 7) is 1.82. The summed E-state index contributed by atoms with van der Waals surface area (Å²) in [5.74, 6) is -1.07. The quantitative estimate of drug-likeness (QED) is 0.894. The molecule has 0 aliphatic rings. The van der Waals surface area contributed by atoms with E-state index in [9.17, 15) is 13.9 Å². The summed E-state index contributed by atoms with van der Waals surface area (Å²) in [4.78, 5) is 0. The molecule has 0 amide bonds. The van der Waals surface area contributed by atoms with Gasteiger partial charge in [0.1, 0.15) is 11.6 Å². The number of aliphatic hydroxyl groups excluding tert-OH is 1. The summed E-state index contributed by atoms with van der Waals surface area (Å²) in [6, 6.07) is 8.45. The molecule has 0 fully saturated rings. The van der Waals surface area contributed by atoms with Crippen molar-refractivity contribution in [2.45, 2.75) is 19.4 Å². The van der Waals surface area contributed by atoms with Gasteiger partial charge in [-0.3, -0.25) is 0 Å². The fourth-order valence-corrected chi connectivity index (χ4v) is 2.20. The molecule has 1 N–H and O–H groups in total. The van der Waals surface area contributed by atoms with Crippen LogP contribution in [0.15, 0.2) is 36.4 Å². The standard InChI is InChI=1S/C15H13ClF2O/c1-9-3-2-4-12(15(9)16)14(19)8-10-7-11(17)5-6-13(10)18/h2-7,14,19H,8H2,1H3. The van der Waals surface area contributed by atoms with Crippen LogP contribution in [-0.4, -0.2) is 5.11 Å². The van der Waals surface area contributed by atoms with E-state index in [4.69, 9.17) is 11.6 Å². The average molecular weight is 283 g/mol. The Hall–Kier alpha value is -1.45. The number of aryl methyl sites for hydroxylation is 1. The zero-order valence-corrected chi connectivity index (χ0v) is 11.1. The first-order valence-corrected chi connectivity index (χ1v) is 6.24. The SMILES string of the molecule is Cc1cccc(C(O)Cc2cc(F)ccc2F)c1Cl. The average Bonchev–Trinajstić information content (AvgIpc) is 2.37. The van der Waals surface area contributed by atoms with Crippen molar-refractivity contribution in [3.05, 3.63) is 69.7 Å². The van der Waals surface area contributed by atoms with E-state index < -0.39 is 17.7 Å². The molecule has 0 aromatic heterocycles. The zero-order valence-electron chi connectivity index (χ0n) is 10.3. The molecule has 2 aromatic carbocycles. The molecule has 1 atom stereocenters. The topological polar surface area (TPSA) is 20.2 Å². The highest BCUT2D eigenvalue weighted by Gasteiger charge is 2.16. The second-order valence-electron chi connectivity index (χ2n) is 4.43. The monoisotopic (exact) mass is 282 g/mol. The lowest BCUT2D eigenvalue weighted by Crippen LogP contribution is -2.05. The van der Waals surface area contributed by atoms with Gasteiger partial charge >= 0.3 is 0 Å². The van der Waals surface area contributed by atoms with Gasteiger partial charge in [-0.1, -0.05) is 29.8 Å². The predicted molar refractivity (Wildman–Crippen MR) is 71.2 cm³/mol. The minimum atomic E-state index is -0.969. The molecule has 1 nitrogen and oxygen atoms in total. The molecule has 0 saturated heterocycles. The third kappa shape index (κ3) is 3.11. The van der Waals surface area contributed by atoms with Gasteiger partial charge in [0.15, 0.2) is 0 Å². The Morgan fingerprint density at radius 3 is 2.68 bits per heavy atom. The summed E-state index contributed by atoms with van der Waals surface area (Å²) in [7, 11) is 0. The molecule has 2 rings (SSSR count). The third-order valence-electron chi connectivity index (χ3n) is 3.00. The highest BCUT2D eigenvalue weighted by Crippen LogP contribution is 2.28. The van der Waals surface area contributed by atoms with Gasteiger partial charge in [0.05, 0.1) is 6.10 Å². The molecule has 0 radical (unpaired) electrons. The van der Waals surface area contributed by atoms with Crippen LogP contribution in [0.5, 0.6) is 0 Å². The van der Waals surface area contributed by atoms with Crippen molar-refractivity contribution in [1.82, 2.24) is 0 Å². The van der Waals surface area contributed by atoms with E-state index in [1.807, 2.05) is 13.0 Å². The fourth-order valence-electron chi connectivity index (χ4n) is 1.95. The molecule has 0 aliphatic heterocycles. The number of benzene rings is 2. The Balaban J connectivity index is 2.28. The maximum atomic E-state index is 13.5. The number of halogens is 3. The lowest BCUT2D eigenvalue weighted by Gasteiger charge is -2.14. The van der Waals surface area contributed by atoms with Gasteiger partial charge in [-0.05, 0) is 41.8 Å². The van der Waals surface area contributed by atoms with Crippen LogP contribution in [0.25, 0.3) is 0 Å². The first-order chi connectivity index (χ1) is 8.99. The van der Waals surface area contributed by atoms with Crippen molar-refractivity contribution in [3.63, 3.8) is 0 Å². The zero-order chi connectivity index (χ0) is 14.0. The molecule has 1 unspecified atom stereocenters. The first kappa shape index (κ1) is 14.0. The predicted octanol–water partition coefficient (Wildman–Crippen LogP) is 4.20. The van der Waals surface area contributed by atoms with E-state index >= 15 is 0 Å². The highest BCUT2D eigenvalue weighted by molar-refractivity contribution is 6.32. The van der Waals surface area contributed by atoms with E-state index in [0.29, 0.717) is 10.6 Å². The molecule has 100 valence electrons. The van der Waals surface area contributed by atoms with Crippen LogP contribution in [-0.2, 0) is 6.42 Å². The van der Waals surface area contributed by atoms with Gasteiger partial charge in [0, 0.05) is 11.4 Å². The fraction of sp³-hybridized carbons (Fsp3) is 0.200. The van der Waals surface area contributed by atoms with Gasteiger partial charge in [0.25, 0.3) is 0 Å². The summed E-state index contributed by atoms with van der Waals surface area (Å²) in [6.07, 6.45) is -0.990. The van der Waals surface area contributed by atoms with Gasteiger partial charge in [-0.2, -0.15) is 0 Å². The Morgan fingerprint density at radius 2 is 1.95 bits per heavy atom. The number of rotatable bonds is 3. The number of hydrogen-bond donors (Lipinski definition) is 1. The van der Waals surface area contributed by atoms with Crippen molar-refractivity contribution < 1.29 is 13.9 Å². The summed E-state index contributed by atoms with van der Waals surface area (Å²) in [5, 5.41) is 10.6. The molecule has 0 saturated carbocycles. The van der Waals surface area contributed by atoms with Gasteiger partial charge in [0.2, 0.25) is 0 Å². The molecule has 2 aromatic rings. The van der Waals surface area contributed by atoms with Crippen molar-refractivity contribution in [1.29, 1.82) is 0 Å². The first-order valence-electron chi connectivity index (χ1n) is 5.86. The van der Waals surface area contributed by atoms with E-state index in [1.165, 1.54) is 0 Å². The summed E-state index contributed by atoms with van der Waals surface area (Å²) >= 11 is 6.10. The Bertz CT molecular complexity index is 599. The number of aliphatic hydroxyl groups is 1. The second-order valence-corrected chi connectivity index (χ2v) is 4.81. The lowest BCUT2D eigenvalue weighted by atomic mass is 9.99. The smallest absolute Gasteiger partial charge is 0.126 e. The van der Waals surface area contributed by atoms with Crippen LogP contribution in [0.2, 0.25) is 5.02 Å². The lowest BCUT2D eigenvalue weighted by molar-refractivity contribution is 0.177. The third-order valence-corrected chi connectivity index (χ3v) is 3.52. The molecule has 0 aliphatic carbocycles. The molecule has 0 bridgehead atoms. The normalized spacial score (nSPS) is 12.5. The minimum absolute atomic E-state index is 0.0211. The largest absolute Gasteiger partial charge is 0.388 e. The Morgan fingerprint density at radius 1 is 1.21 bits per heavy atom. The minimum Gasteiger partial charge on any atom is -0.388 e. The van der Waals surface area contributed by atoms with Crippen molar-refractivity contribution in [2.24, 2.45) is 0 Å². The van der Waals surface area contributed by atoms with Crippen LogP contribution in [0.3, 0.4) is 0 Å². The van der Waals surface area contributed by atoms with E-state index in [1.54, 1.807) is 12.1 Å². The second kappa shape index (κ2) is 5.68. The van der Waals surface area contributed by atoms with Gasteiger partial charge in [-0.15, -0.1) is 0 Å². The molecular weight excluding hydrogens is 270 g/mol. The van der Waals surface area contributed by atoms with Crippen LogP contribution in [0, 0.1) is 18.6 Å². The molecular formula is C15H13ClF2O. The van der Waals surface area contributed by atoms with E-state index in [-0.39, 0.29) is 12.0 Å². The van der Waals surface area contributed by atoms with E-state index in [2.05, 4.69) is 0 Å². The molecule has 0 spiro atoms. The van der Waals surface area contributed by atoms with Crippen molar-refractivity contribution >= 4 is 11.6 Å². The van der Waals surface area contributed by atoms with Crippen LogP contribution in [0.1, 0.15) is 22.8 Å². The molecule has 0 heterocycles. The van der Waals surface area contributed by atoms with Crippen molar-refractivity contribution in [3.8, 4) is 0 Å². The summed E-state index contributed by atoms with van der Waals surface area (Å²) < 4.78 is 26.6. The maximum Gasteiger partial charge on any atom is 0.126 e. The Kier molecular flexibility index (Phi) is 4.17.